The van der Waals surface area contributed by atoms with Crippen molar-refractivity contribution in [1.29, 1.82) is 0 Å². The van der Waals surface area contributed by atoms with Gasteiger partial charge in [-0.1, -0.05) is 23.2 Å². The van der Waals surface area contributed by atoms with Crippen LogP contribution in [0.1, 0.15) is 12.5 Å². The predicted octanol–water partition coefficient (Wildman–Crippen LogP) is 2.92. The summed E-state index contributed by atoms with van der Waals surface area (Å²) in [4.78, 5) is 49.4. The summed E-state index contributed by atoms with van der Waals surface area (Å²) in [7, 11) is 0. The van der Waals surface area contributed by atoms with Crippen LogP contribution in [0.2, 0.25) is 10.0 Å². The quantitative estimate of drug-likeness (QED) is 0.465. The van der Waals surface area contributed by atoms with Crippen LogP contribution in [0.3, 0.4) is 0 Å². The molecule has 1 heterocycles. The Labute approximate surface area is 192 Å². The number of imide groups is 2. The molecule has 3 N–H and O–H groups in total. The number of halogens is 2. The number of amides is 5. The van der Waals surface area contributed by atoms with E-state index >= 15 is 0 Å². The number of hydrogen-bond acceptors (Lipinski definition) is 6. The first kappa shape index (κ1) is 23.1. The van der Waals surface area contributed by atoms with Gasteiger partial charge < -0.3 is 15.2 Å². The SMILES string of the molecule is CCOc1ccc(N2C(=O)NC(=O)/C(=C\c3cc(Cl)c(OCC(N)=O)c(Cl)c3)C2=O)cc1. The molecule has 0 bridgehead atoms. The number of rotatable bonds is 7. The molecule has 2 aromatic carbocycles. The minimum atomic E-state index is -0.882. The van der Waals surface area contributed by atoms with Crippen LogP contribution in [0.4, 0.5) is 10.5 Å². The number of anilines is 1. The molecule has 0 unspecified atom stereocenters. The lowest BCUT2D eigenvalue weighted by molar-refractivity contribution is -0.123. The fourth-order valence-corrected chi connectivity index (χ4v) is 3.47. The molecule has 0 saturated carbocycles. The van der Waals surface area contributed by atoms with Gasteiger partial charge in [0.1, 0.15) is 11.3 Å². The van der Waals surface area contributed by atoms with E-state index in [9.17, 15) is 19.2 Å². The van der Waals surface area contributed by atoms with E-state index in [0.29, 0.717) is 17.9 Å². The molecule has 0 atom stereocenters. The van der Waals surface area contributed by atoms with E-state index in [-0.39, 0.29) is 27.1 Å². The lowest BCUT2D eigenvalue weighted by Gasteiger charge is -2.26. The predicted molar refractivity (Wildman–Crippen MR) is 118 cm³/mol. The second-order valence-corrected chi connectivity index (χ2v) is 7.27. The molecule has 0 aromatic heterocycles. The molecule has 1 aliphatic rings. The van der Waals surface area contributed by atoms with Gasteiger partial charge in [0.2, 0.25) is 0 Å². The molecule has 11 heteroatoms. The summed E-state index contributed by atoms with van der Waals surface area (Å²) in [6, 6.07) is 8.13. The van der Waals surface area contributed by atoms with Gasteiger partial charge in [0, 0.05) is 0 Å². The van der Waals surface area contributed by atoms with Gasteiger partial charge in [-0.2, -0.15) is 0 Å². The maximum Gasteiger partial charge on any atom is 0.335 e. The van der Waals surface area contributed by atoms with Crippen molar-refractivity contribution in [3.63, 3.8) is 0 Å². The second kappa shape index (κ2) is 9.71. The van der Waals surface area contributed by atoms with Crippen LogP contribution in [-0.4, -0.2) is 37.0 Å². The van der Waals surface area contributed by atoms with Crippen LogP contribution in [0.15, 0.2) is 42.0 Å². The molecule has 5 amide bonds. The molecule has 2 aromatic rings. The van der Waals surface area contributed by atoms with Gasteiger partial charge in [-0.25, -0.2) is 9.69 Å². The molecule has 9 nitrogen and oxygen atoms in total. The number of carbonyl (C=O) groups is 4. The summed E-state index contributed by atoms with van der Waals surface area (Å²) < 4.78 is 10.5. The van der Waals surface area contributed by atoms with Crippen molar-refractivity contribution in [2.24, 2.45) is 5.73 Å². The average Bonchev–Trinajstić information content (AvgIpc) is 2.71. The molecule has 32 heavy (non-hydrogen) atoms. The number of carbonyl (C=O) groups excluding carboxylic acids is 4. The Kier molecular flexibility index (Phi) is 7.01. The van der Waals surface area contributed by atoms with Gasteiger partial charge in [0.05, 0.1) is 22.3 Å². The van der Waals surface area contributed by atoms with E-state index in [1.165, 1.54) is 30.3 Å². The third-order valence-electron chi connectivity index (χ3n) is 4.20. The molecule has 3 rings (SSSR count). The molecule has 1 saturated heterocycles. The second-order valence-electron chi connectivity index (χ2n) is 6.45. The van der Waals surface area contributed by atoms with E-state index in [4.69, 9.17) is 38.4 Å². The summed E-state index contributed by atoms with van der Waals surface area (Å²) in [5.74, 6) is -1.82. The number of ether oxygens (including phenoxy) is 2. The van der Waals surface area contributed by atoms with Crippen LogP contribution in [0.25, 0.3) is 6.08 Å². The first-order valence-corrected chi connectivity index (χ1v) is 10.0. The Morgan fingerprint density at radius 3 is 2.28 bits per heavy atom. The third-order valence-corrected chi connectivity index (χ3v) is 4.76. The van der Waals surface area contributed by atoms with Crippen molar-refractivity contribution in [2.75, 3.05) is 18.1 Å². The minimum Gasteiger partial charge on any atom is -0.494 e. The molecule has 0 aliphatic carbocycles. The van der Waals surface area contributed by atoms with Gasteiger partial charge in [0.25, 0.3) is 17.7 Å². The van der Waals surface area contributed by atoms with Crippen molar-refractivity contribution >= 4 is 58.7 Å². The highest BCUT2D eigenvalue weighted by molar-refractivity contribution is 6.40. The van der Waals surface area contributed by atoms with Gasteiger partial charge in [-0.05, 0) is 55.0 Å². The first-order valence-electron chi connectivity index (χ1n) is 9.25. The molecular formula is C21H17Cl2N3O6. The summed E-state index contributed by atoms with van der Waals surface area (Å²) in [6.45, 7) is 1.86. The highest BCUT2D eigenvalue weighted by Gasteiger charge is 2.36. The lowest BCUT2D eigenvalue weighted by Crippen LogP contribution is -2.54. The molecular weight excluding hydrogens is 461 g/mol. The summed E-state index contributed by atoms with van der Waals surface area (Å²) in [5, 5.41) is 2.20. The number of urea groups is 1. The van der Waals surface area contributed by atoms with Crippen molar-refractivity contribution in [1.82, 2.24) is 5.32 Å². The molecule has 0 radical (unpaired) electrons. The van der Waals surface area contributed by atoms with Crippen LogP contribution >= 0.6 is 23.2 Å². The Bertz CT molecular complexity index is 1110. The number of primary amides is 1. The van der Waals surface area contributed by atoms with Crippen molar-refractivity contribution in [2.45, 2.75) is 6.92 Å². The standard InChI is InChI=1S/C21H17Cl2N3O6/c1-2-31-13-5-3-12(4-6-13)26-20(29)14(19(28)25-21(26)30)7-11-8-15(22)18(16(23)9-11)32-10-17(24)27/h3-9H,2,10H2,1H3,(H2,24,27)(H,25,28,30)/b14-7+. The van der Waals surface area contributed by atoms with E-state index in [0.717, 1.165) is 4.90 Å². The smallest absolute Gasteiger partial charge is 0.335 e. The number of hydrogen-bond donors (Lipinski definition) is 2. The highest BCUT2D eigenvalue weighted by atomic mass is 35.5. The van der Waals surface area contributed by atoms with Crippen LogP contribution < -0.4 is 25.4 Å². The largest absolute Gasteiger partial charge is 0.494 e. The van der Waals surface area contributed by atoms with Crippen LogP contribution in [0, 0.1) is 0 Å². The molecule has 1 aliphatic heterocycles. The molecule has 166 valence electrons. The number of nitrogens with two attached hydrogens (primary N) is 1. The number of barbiturate groups is 1. The highest BCUT2D eigenvalue weighted by Crippen LogP contribution is 2.35. The van der Waals surface area contributed by atoms with Crippen LogP contribution in [0.5, 0.6) is 11.5 Å². The van der Waals surface area contributed by atoms with E-state index in [1.807, 2.05) is 6.92 Å². The van der Waals surface area contributed by atoms with Gasteiger partial charge in [-0.15, -0.1) is 0 Å². The topological polar surface area (TPSA) is 128 Å². The van der Waals surface area contributed by atoms with Crippen LogP contribution in [-0.2, 0) is 14.4 Å². The van der Waals surface area contributed by atoms with Crippen molar-refractivity contribution in [3.8, 4) is 11.5 Å². The Morgan fingerprint density at radius 1 is 1.09 bits per heavy atom. The minimum absolute atomic E-state index is 0.0277. The van der Waals surface area contributed by atoms with E-state index in [2.05, 4.69) is 5.32 Å². The maximum absolute atomic E-state index is 13.0. The van der Waals surface area contributed by atoms with Gasteiger partial charge in [0.15, 0.2) is 12.4 Å². The fraction of sp³-hybridized carbons (Fsp3) is 0.143. The van der Waals surface area contributed by atoms with Gasteiger partial charge >= 0.3 is 6.03 Å². The Balaban J connectivity index is 1.93. The average molecular weight is 478 g/mol. The monoisotopic (exact) mass is 477 g/mol. The van der Waals surface area contributed by atoms with Crippen molar-refractivity contribution < 1.29 is 28.7 Å². The number of nitrogens with one attached hydrogen (secondary N) is 1. The number of benzene rings is 2. The zero-order valence-corrected chi connectivity index (χ0v) is 18.2. The number of nitrogens with zero attached hydrogens (tertiary/aromatic N) is 1. The van der Waals surface area contributed by atoms with Crippen molar-refractivity contribution in [3.05, 3.63) is 57.6 Å². The Hall–Kier alpha value is -3.56. The zero-order chi connectivity index (χ0) is 23.4. The maximum atomic E-state index is 13.0. The lowest BCUT2D eigenvalue weighted by atomic mass is 10.1. The molecule has 1 fully saturated rings. The zero-order valence-electron chi connectivity index (χ0n) is 16.7. The van der Waals surface area contributed by atoms with E-state index < -0.39 is 30.4 Å². The normalized spacial score (nSPS) is 15.0. The molecule has 0 spiro atoms. The Morgan fingerprint density at radius 2 is 1.72 bits per heavy atom. The third kappa shape index (κ3) is 5.01. The van der Waals surface area contributed by atoms with Gasteiger partial charge in [-0.3, -0.25) is 19.7 Å². The summed E-state index contributed by atoms with van der Waals surface area (Å²) >= 11 is 12.3. The van der Waals surface area contributed by atoms with E-state index in [1.54, 1.807) is 12.1 Å². The summed E-state index contributed by atoms with van der Waals surface area (Å²) in [6.07, 6.45) is 1.24. The fourth-order valence-electron chi connectivity index (χ4n) is 2.86. The summed E-state index contributed by atoms with van der Waals surface area (Å²) in [5.41, 5.74) is 5.28. The first-order chi connectivity index (χ1) is 15.2.